The van der Waals surface area contributed by atoms with Crippen molar-refractivity contribution >= 4 is 22.9 Å². The van der Waals surface area contributed by atoms with E-state index in [1.165, 1.54) is 5.56 Å². The molecule has 2 heterocycles. The lowest BCUT2D eigenvalue weighted by Crippen LogP contribution is -2.26. The molecule has 1 amide bonds. The molecule has 1 aromatic heterocycles. The highest BCUT2D eigenvalue weighted by molar-refractivity contribution is 7.07. The van der Waals surface area contributed by atoms with Crippen LogP contribution in [0.25, 0.3) is 0 Å². The Kier molecular flexibility index (Phi) is 3.25. The van der Waals surface area contributed by atoms with Crippen molar-refractivity contribution in [3.05, 3.63) is 51.7 Å². The van der Waals surface area contributed by atoms with Gasteiger partial charge in [0.05, 0.1) is 6.04 Å². The van der Waals surface area contributed by atoms with Crippen molar-refractivity contribution in [2.24, 2.45) is 0 Å². The maximum Gasteiger partial charge on any atom is 0.251 e. The van der Waals surface area contributed by atoms with Gasteiger partial charge < -0.3 is 10.6 Å². The first-order valence-electron chi connectivity index (χ1n) is 6.44. The lowest BCUT2D eigenvalue weighted by atomic mass is 10.1. The minimum absolute atomic E-state index is 0.00611. The van der Waals surface area contributed by atoms with E-state index in [0.29, 0.717) is 0 Å². The molecule has 4 heteroatoms. The molecule has 0 spiro atoms. The standard InChI is InChI=1S/C15H16N2OS/c1-10(13-5-7-19-9-13)17-15(18)12-2-3-14-11(8-12)4-6-16-14/h2-3,5,7-10,16H,4,6H2,1H3,(H,17,18). The van der Waals surface area contributed by atoms with E-state index in [1.807, 2.05) is 36.6 Å². The van der Waals surface area contributed by atoms with Crippen molar-refractivity contribution in [1.29, 1.82) is 0 Å². The van der Waals surface area contributed by atoms with E-state index in [1.54, 1.807) is 11.3 Å². The molecule has 0 fully saturated rings. The van der Waals surface area contributed by atoms with Crippen LogP contribution in [0.1, 0.15) is 34.5 Å². The van der Waals surface area contributed by atoms with E-state index >= 15 is 0 Å². The molecule has 19 heavy (non-hydrogen) atoms. The van der Waals surface area contributed by atoms with Crippen LogP contribution >= 0.6 is 11.3 Å². The Morgan fingerprint density at radius 3 is 3.11 bits per heavy atom. The number of amides is 1. The Bertz CT molecular complexity index is 592. The van der Waals surface area contributed by atoms with E-state index < -0.39 is 0 Å². The molecule has 2 N–H and O–H groups in total. The molecule has 1 atom stereocenters. The zero-order chi connectivity index (χ0) is 13.2. The average molecular weight is 272 g/mol. The van der Waals surface area contributed by atoms with Crippen LogP contribution < -0.4 is 10.6 Å². The highest BCUT2D eigenvalue weighted by atomic mass is 32.1. The van der Waals surface area contributed by atoms with Gasteiger partial charge in [0.2, 0.25) is 0 Å². The minimum Gasteiger partial charge on any atom is -0.384 e. The van der Waals surface area contributed by atoms with Crippen molar-refractivity contribution in [1.82, 2.24) is 5.32 Å². The predicted octanol–water partition coefficient (Wildman–Crippen LogP) is 3.21. The third-order valence-electron chi connectivity index (χ3n) is 3.47. The van der Waals surface area contributed by atoms with Gasteiger partial charge in [0.25, 0.3) is 5.91 Å². The number of thiophene rings is 1. The van der Waals surface area contributed by atoms with E-state index in [0.717, 1.165) is 29.8 Å². The van der Waals surface area contributed by atoms with Gasteiger partial charge in [-0.05, 0) is 59.5 Å². The lowest BCUT2D eigenvalue weighted by molar-refractivity contribution is 0.0940. The van der Waals surface area contributed by atoms with Crippen LogP contribution in [0.15, 0.2) is 35.0 Å². The van der Waals surface area contributed by atoms with Crippen LogP contribution in [-0.2, 0) is 6.42 Å². The van der Waals surface area contributed by atoms with E-state index in [4.69, 9.17) is 0 Å². The van der Waals surface area contributed by atoms with Gasteiger partial charge in [0.15, 0.2) is 0 Å². The van der Waals surface area contributed by atoms with Gasteiger partial charge >= 0.3 is 0 Å². The summed E-state index contributed by atoms with van der Waals surface area (Å²) < 4.78 is 0. The van der Waals surface area contributed by atoms with Gasteiger partial charge in [-0.1, -0.05) is 0 Å². The maximum absolute atomic E-state index is 12.2. The van der Waals surface area contributed by atoms with Crippen molar-refractivity contribution in [3.8, 4) is 0 Å². The number of carbonyl (C=O) groups excluding carboxylic acids is 1. The van der Waals surface area contributed by atoms with Crippen molar-refractivity contribution in [2.75, 3.05) is 11.9 Å². The number of rotatable bonds is 3. The summed E-state index contributed by atoms with van der Waals surface area (Å²) in [7, 11) is 0. The fourth-order valence-electron chi connectivity index (χ4n) is 2.33. The molecule has 1 aliphatic rings. The molecule has 0 radical (unpaired) electrons. The second-order valence-electron chi connectivity index (χ2n) is 4.80. The Balaban J connectivity index is 1.74. The number of hydrogen-bond acceptors (Lipinski definition) is 3. The zero-order valence-corrected chi connectivity index (χ0v) is 11.6. The van der Waals surface area contributed by atoms with E-state index in [9.17, 15) is 4.79 Å². The summed E-state index contributed by atoms with van der Waals surface area (Å²) in [5, 5.41) is 10.4. The summed E-state index contributed by atoms with van der Waals surface area (Å²) in [4.78, 5) is 12.2. The monoisotopic (exact) mass is 272 g/mol. The predicted molar refractivity (Wildman–Crippen MR) is 78.8 cm³/mol. The molecular formula is C15H16N2OS. The normalized spacial score (nSPS) is 14.6. The zero-order valence-electron chi connectivity index (χ0n) is 10.8. The molecule has 98 valence electrons. The van der Waals surface area contributed by atoms with Gasteiger partial charge in [-0.25, -0.2) is 0 Å². The fraction of sp³-hybridized carbons (Fsp3) is 0.267. The first-order chi connectivity index (χ1) is 9.24. The number of carbonyl (C=O) groups is 1. The molecule has 3 nitrogen and oxygen atoms in total. The molecule has 3 rings (SSSR count). The Morgan fingerprint density at radius 2 is 2.32 bits per heavy atom. The average Bonchev–Trinajstić information content (AvgIpc) is 3.09. The summed E-state index contributed by atoms with van der Waals surface area (Å²) in [6, 6.07) is 7.96. The third kappa shape index (κ3) is 2.49. The van der Waals surface area contributed by atoms with Crippen LogP contribution in [-0.4, -0.2) is 12.5 Å². The number of nitrogens with one attached hydrogen (secondary N) is 2. The van der Waals surface area contributed by atoms with Crippen LogP contribution in [0.2, 0.25) is 0 Å². The number of benzene rings is 1. The molecule has 1 aromatic carbocycles. The lowest BCUT2D eigenvalue weighted by Gasteiger charge is -2.13. The van der Waals surface area contributed by atoms with Gasteiger partial charge in [-0.3, -0.25) is 4.79 Å². The summed E-state index contributed by atoms with van der Waals surface area (Å²) in [6.07, 6.45) is 0.997. The molecule has 0 bridgehead atoms. The largest absolute Gasteiger partial charge is 0.384 e. The second kappa shape index (κ2) is 5.05. The molecule has 0 aliphatic carbocycles. The van der Waals surface area contributed by atoms with Crippen LogP contribution in [0.4, 0.5) is 5.69 Å². The molecule has 1 aliphatic heterocycles. The highest BCUT2D eigenvalue weighted by Gasteiger charge is 2.15. The molecule has 1 unspecified atom stereocenters. The van der Waals surface area contributed by atoms with Gasteiger partial charge in [0.1, 0.15) is 0 Å². The smallest absolute Gasteiger partial charge is 0.251 e. The summed E-state index contributed by atoms with van der Waals surface area (Å²) >= 11 is 1.65. The third-order valence-corrected chi connectivity index (χ3v) is 4.17. The molecule has 0 saturated carbocycles. The highest BCUT2D eigenvalue weighted by Crippen LogP contribution is 2.23. The van der Waals surface area contributed by atoms with Crippen LogP contribution in [0.5, 0.6) is 0 Å². The first-order valence-corrected chi connectivity index (χ1v) is 7.38. The Labute approximate surface area is 116 Å². The van der Waals surface area contributed by atoms with Crippen molar-refractivity contribution < 1.29 is 4.79 Å². The van der Waals surface area contributed by atoms with E-state index in [-0.39, 0.29) is 11.9 Å². The number of fused-ring (bicyclic) bond motifs is 1. The van der Waals surface area contributed by atoms with Gasteiger partial charge in [-0.2, -0.15) is 11.3 Å². The van der Waals surface area contributed by atoms with Crippen molar-refractivity contribution in [3.63, 3.8) is 0 Å². The number of anilines is 1. The van der Waals surface area contributed by atoms with Crippen LogP contribution in [0.3, 0.4) is 0 Å². The quantitative estimate of drug-likeness (QED) is 0.901. The second-order valence-corrected chi connectivity index (χ2v) is 5.58. The summed E-state index contributed by atoms with van der Waals surface area (Å²) in [6.45, 7) is 2.97. The number of hydrogen-bond donors (Lipinski definition) is 2. The first kappa shape index (κ1) is 12.2. The maximum atomic E-state index is 12.2. The summed E-state index contributed by atoms with van der Waals surface area (Å²) in [5.41, 5.74) is 4.28. The molecule has 2 aromatic rings. The Morgan fingerprint density at radius 1 is 1.42 bits per heavy atom. The summed E-state index contributed by atoms with van der Waals surface area (Å²) in [5.74, 6) is -0.00611. The van der Waals surface area contributed by atoms with Gasteiger partial charge in [0, 0.05) is 17.8 Å². The van der Waals surface area contributed by atoms with Crippen LogP contribution in [0, 0.1) is 0 Å². The Hall–Kier alpha value is -1.81. The molecular weight excluding hydrogens is 256 g/mol. The van der Waals surface area contributed by atoms with Gasteiger partial charge in [-0.15, -0.1) is 0 Å². The molecule has 0 saturated heterocycles. The fourth-order valence-corrected chi connectivity index (χ4v) is 3.08. The topological polar surface area (TPSA) is 41.1 Å². The van der Waals surface area contributed by atoms with E-state index in [2.05, 4.69) is 16.0 Å². The SMILES string of the molecule is CC(NC(=O)c1ccc2c(c1)CCN2)c1ccsc1. The van der Waals surface area contributed by atoms with Crippen molar-refractivity contribution in [2.45, 2.75) is 19.4 Å². The minimum atomic E-state index is -0.00611.